The summed E-state index contributed by atoms with van der Waals surface area (Å²) in [5, 5.41) is 7.14. The normalized spacial score (nSPS) is 11.6. The fraction of sp³-hybridized carbons (Fsp3) is 0.400. The molecule has 6 nitrogen and oxygen atoms in total. The monoisotopic (exact) mass is 322 g/mol. The van der Waals surface area contributed by atoms with Crippen molar-refractivity contribution in [1.29, 1.82) is 0 Å². The highest BCUT2D eigenvalue weighted by atomic mass is 19.1. The maximum atomic E-state index is 13.6. The molecular formula is C15H20F2N6. The average molecular weight is 322 g/mol. The standard InChI is InChI=1S/C15H20F2N6/c1-18-15(22(2)9-14-20-10-21-23(14)3)19-7-6-11-8-12(16)4-5-13(11)17/h4-5,8,10H,6-7,9H2,1-3H3,(H,18,19). The zero-order valence-corrected chi connectivity index (χ0v) is 13.4. The molecule has 0 fully saturated rings. The molecule has 0 aliphatic rings. The number of nitrogens with one attached hydrogen (secondary N) is 1. The molecule has 0 saturated heterocycles. The molecule has 0 atom stereocenters. The molecular weight excluding hydrogens is 302 g/mol. The van der Waals surface area contributed by atoms with Crippen LogP contribution in [0.3, 0.4) is 0 Å². The quantitative estimate of drug-likeness (QED) is 0.667. The molecule has 0 unspecified atom stereocenters. The molecule has 1 heterocycles. The van der Waals surface area contributed by atoms with E-state index in [1.807, 2.05) is 19.0 Å². The Bertz CT molecular complexity index is 682. The smallest absolute Gasteiger partial charge is 0.193 e. The van der Waals surface area contributed by atoms with Gasteiger partial charge in [-0.05, 0) is 30.2 Å². The minimum atomic E-state index is -0.440. The minimum absolute atomic E-state index is 0.337. The number of rotatable bonds is 5. The second-order valence-corrected chi connectivity index (χ2v) is 5.12. The zero-order valence-electron chi connectivity index (χ0n) is 13.4. The molecule has 0 spiro atoms. The van der Waals surface area contributed by atoms with Crippen molar-refractivity contribution in [1.82, 2.24) is 25.0 Å². The number of benzene rings is 1. The second-order valence-electron chi connectivity index (χ2n) is 5.12. The van der Waals surface area contributed by atoms with Gasteiger partial charge < -0.3 is 10.2 Å². The van der Waals surface area contributed by atoms with E-state index in [2.05, 4.69) is 20.4 Å². The molecule has 0 bridgehead atoms. The van der Waals surface area contributed by atoms with Crippen LogP contribution in [0.1, 0.15) is 11.4 Å². The summed E-state index contributed by atoms with van der Waals surface area (Å²) >= 11 is 0. The first-order valence-corrected chi connectivity index (χ1v) is 7.20. The van der Waals surface area contributed by atoms with E-state index in [1.54, 1.807) is 11.7 Å². The van der Waals surface area contributed by atoms with Crippen LogP contribution in [0.15, 0.2) is 29.5 Å². The zero-order chi connectivity index (χ0) is 16.8. The van der Waals surface area contributed by atoms with Crippen molar-refractivity contribution in [2.75, 3.05) is 20.6 Å². The van der Waals surface area contributed by atoms with Crippen molar-refractivity contribution >= 4 is 5.96 Å². The van der Waals surface area contributed by atoms with Crippen LogP contribution in [-0.4, -0.2) is 46.3 Å². The maximum Gasteiger partial charge on any atom is 0.193 e. The minimum Gasteiger partial charge on any atom is -0.356 e. The largest absolute Gasteiger partial charge is 0.356 e. The van der Waals surface area contributed by atoms with Crippen LogP contribution in [0.4, 0.5) is 8.78 Å². The molecule has 8 heteroatoms. The van der Waals surface area contributed by atoms with E-state index in [0.29, 0.717) is 31.0 Å². The Morgan fingerprint density at radius 2 is 2.17 bits per heavy atom. The first kappa shape index (κ1) is 16.9. The van der Waals surface area contributed by atoms with Crippen molar-refractivity contribution in [3.8, 4) is 0 Å². The van der Waals surface area contributed by atoms with Crippen LogP contribution in [0, 0.1) is 11.6 Å². The van der Waals surface area contributed by atoms with Gasteiger partial charge in [0.2, 0.25) is 0 Å². The van der Waals surface area contributed by atoms with Gasteiger partial charge in [-0.15, -0.1) is 0 Å². The third kappa shape index (κ3) is 4.48. The van der Waals surface area contributed by atoms with E-state index in [9.17, 15) is 8.78 Å². The summed E-state index contributed by atoms with van der Waals surface area (Å²) in [7, 11) is 5.35. The van der Waals surface area contributed by atoms with Gasteiger partial charge in [0.1, 0.15) is 23.8 Å². The molecule has 0 aliphatic carbocycles. The summed E-state index contributed by atoms with van der Waals surface area (Å²) in [4.78, 5) is 10.2. The Morgan fingerprint density at radius 1 is 1.39 bits per heavy atom. The van der Waals surface area contributed by atoms with Crippen LogP contribution in [0.2, 0.25) is 0 Å². The lowest BCUT2D eigenvalue weighted by Crippen LogP contribution is -2.39. The van der Waals surface area contributed by atoms with Gasteiger partial charge in [-0.2, -0.15) is 5.10 Å². The first-order chi connectivity index (χ1) is 11.0. The van der Waals surface area contributed by atoms with Crippen LogP contribution >= 0.6 is 0 Å². The first-order valence-electron chi connectivity index (χ1n) is 7.20. The van der Waals surface area contributed by atoms with Crippen LogP contribution in [0.5, 0.6) is 0 Å². The van der Waals surface area contributed by atoms with E-state index in [1.165, 1.54) is 12.4 Å². The number of aromatic nitrogens is 3. The predicted molar refractivity (Wildman–Crippen MR) is 83.9 cm³/mol. The fourth-order valence-electron chi connectivity index (χ4n) is 2.18. The van der Waals surface area contributed by atoms with E-state index < -0.39 is 11.6 Å². The van der Waals surface area contributed by atoms with Crippen LogP contribution in [0.25, 0.3) is 0 Å². The molecule has 2 aromatic rings. The third-order valence-electron chi connectivity index (χ3n) is 3.44. The topological polar surface area (TPSA) is 58.3 Å². The lowest BCUT2D eigenvalue weighted by molar-refractivity contribution is 0.448. The average Bonchev–Trinajstić information content (AvgIpc) is 2.92. The maximum absolute atomic E-state index is 13.6. The van der Waals surface area contributed by atoms with E-state index in [0.717, 1.165) is 18.0 Å². The Morgan fingerprint density at radius 3 is 2.83 bits per heavy atom. The molecule has 0 radical (unpaired) electrons. The lowest BCUT2D eigenvalue weighted by atomic mass is 10.1. The number of aryl methyl sites for hydroxylation is 1. The van der Waals surface area contributed by atoms with Gasteiger partial charge in [0.15, 0.2) is 5.96 Å². The predicted octanol–water partition coefficient (Wildman–Crippen LogP) is 1.34. The van der Waals surface area contributed by atoms with Crippen molar-refractivity contribution < 1.29 is 8.78 Å². The van der Waals surface area contributed by atoms with Crippen molar-refractivity contribution in [2.45, 2.75) is 13.0 Å². The summed E-state index contributed by atoms with van der Waals surface area (Å²) < 4.78 is 28.4. The van der Waals surface area contributed by atoms with Gasteiger partial charge in [0, 0.05) is 27.7 Å². The van der Waals surface area contributed by atoms with Gasteiger partial charge >= 0.3 is 0 Å². The molecule has 0 aliphatic heterocycles. The Balaban J connectivity index is 1.90. The molecule has 0 amide bonds. The SMILES string of the molecule is CN=C(NCCc1cc(F)ccc1F)N(C)Cc1ncnn1C. The molecule has 1 N–H and O–H groups in total. The molecule has 124 valence electrons. The number of hydrogen-bond donors (Lipinski definition) is 1. The molecule has 0 saturated carbocycles. The highest BCUT2D eigenvalue weighted by Gasteiger charge is 2.10. The van der Waals surface area contributed by atoms with Crippen molar-refractivity contribution in [3.05, 3.63) is 47.5 Å². The lowest BCUT2D eigenvalue weighted by Gasteiger charge is -2.21. The number of halogens is 2. The van der Waals surface area contributed by atoms with Crippen molar-refractivity contribution in [3.63, 3.8) is 0 Å². The van der Waals surface area contributed by atoms with Gasteiger partial charge in [0.05, 0.1) is 6.54 Å². The van der Waals surface area contributed by atoms with Gasteiger partial charge in [0.25, 0.3) is 0 Å². The number of hydrogen-bond acceptors (Lipinski definition) is 3. The highest BCUT2D eigenvalue weighted by Crippen LogP contribution is 2.09. The third-order valence-corrected chi connectivity index (χ3v) is 3.44. The van der Waals surface area contributed by atoms with Gasteiger partial charge in [-0.25, -0.2) is 13.8 Å². The van der Waals surface area contributed by atoms with E-state index >= 15 is 0 Å². The van der Waals surface area contributed by atoms with Gasteiger partial charge in [-0.1, -0.05) is 0 Å². The van der Waals surface area contributed by atoms with Crippen LogP contribution in [-0.2, 0) is 20.0 Å². The Labute approximate surface area is 133 Å². The Hall–Kier alpha value is -2.51. The number of guanidine groups is 1. The number of aliphatic imine (C=N–C) groups is 1. The molecule has 23 heavy (non-hydrogen) atoms. The van der Waals surface area contributed by atoms with Gasteiger partial charge in [-0.3, -0.25) is 9.67 Å². The van der Waals surface area contributed by atoms with Crippen LogP contribution < -0.4 is 5.32 Å². The van der Waals surface area contributed by atoms with E-state index in [-0.39, 0.29) is 0 Å². The summed E-state index contributed by atoms with van der Waals surface area (Å²) in [6.07, 6.45) is 1.85. The summed E-state index contributed by atoms with van der Waals surface area (Å²) in [6, 6.07) is 3.46. The summed E-state index contributed by atoms with van der Waals surface area (Å²) in [5.74, 6) is 0.595. The van der Waals surface area contributed by atoms with Crippen molar-refractivity contribution in [2.24, 2.45) is 12.0 Å². The number of nitrogens with zero attached hydrogens (tertiary/aromatic N) is 5. The molecule has 2 rings (SSSR count). The molecule has 1 aromatic carbocycles. The summed E-state index contributed by atoms with van der Waals surface area (Å²) in [6.45, 7) is 0.973. The fourth-order valence-corrected chi connectivity index (χ4v) is 2.18. The second kappa shape index (κ2) is 7.66. The summed E-state index contributed by atoms with van der Waals surface area (Å²) in [5.41, 5.74) is 0.337. The van der Waals surface area contributed by atoms with E-state index in [4.69, 9.17) is 0 Å². The highest BCUT2D eigenvalue weighted by molar-refractivity contribution is 5.79. The Kier molecular flexibility index (Phi) is 5.61. The molecule has 1 aromatic heterocycles.